The van der Waals surface area contributed by atoms with Crippen molar-refractivity contribution in [2.24, 2.45) is 5.73 Å². The van der Waals surface area contributed by atoms with Crippen LogP contribution in [0.25, 0.3) is 0 Å². The minimum absolute atomic E-state index is 0.0451. The van der Waals surface area contributed by atoms with Gasteiger partial charge in [-0.15, -0.1) is 0 Å². The van der Waals surface area contributed by atoms with Gasteiger partial charge in [-0.25, -0.2) is 0 Å². The molecule has 8 heteroatoms. The largest absolute Gasteiger partial charge is 0.481 e. The second kappa shape index (κ2) is 4.91. The summed E-state index contributed by atoms with van der Waals surface area (Å²) < 4.78 is 0. The molecule has 8 nitrogen and oxygen atoms in total. The highest BCUT2D eigenvalue weighted by atomic mass is 16.4. The quantitative estimate of drug-likeness (QED) is 0.526. The van der Waals surface area contributed by atoms with Gasteiger partial charge in [0, 0.05) is 6.42 Å². The molecule has 0 unspecified atom stereocenters. The molecule has 16 heavy (non-hydrogen) atoms. The van der Waals surface area contributed by atoms with Gasteiger partial charge in [0.05, 0.1) is 12.6 Å². The van der Waals surface area contributed by atoms with Crippen molar-refractivity contribution in [3.8, 4) is 0 Å². The summed E-state index contributed by atoms with van der Waals surface area (Å²) in [7, 11) is 0. The van der Waals surface area contributed by atoms with Crippen LogP contribution in [0, 0.1) is 0 Å². The highest BCUT2D eigenvalue weighted by Gasteiger charge is 2.13. The van der Waals surface area contributed by atoms with Gasteiger partial charge < -0.3 is 16.2 Å². The minimum Gasteiger partial charge on any atom is -0.481 e. The Morgan fingerprint density at radius 1 is 1.44 bits per heavy atom. The van der Waals surface area contributed by atoms with Crippen LogP contribution in [0.3, 0.4) is 0 Å². The maximum Gasteiger partial charge on any atom is 0.303 e. The number of nitrogens with two attached hydrogens (primary N) is 1. The van der Waals surface area contributed by atoms with E-state index in [0.29, 0.717) is 0 Å². The molecule has 0 aliphatic rings. The maximum absolute atomic E-state index is 11.2. The fourth-order valence-corrected chi connectivity index (χ4v) is 0.991. The Labute approximate surface area is 89.8 Å². The Morgan fingerprint density at radius 3 is 2.69 bits per heavy atom. The zero-order valence-electron chi connectivity index (χ0n) is 8.19. The lowest BCUT2D eigenvalue weighted by molar-refractivity contribution is -0.138. The number of anilines is 1. The van der Waals surface area contributed by atoms with E-state index < -0.39 is 17.8 Å². The Bertz CT molecular complexity index is 425. The normalized spacial score (nSPS) is 9.75. The SMILES string of the molecule is NC(=O)c1cn[nH]c1NC(=O)CCC(=O)O. The van der Waals surface area contributed by atoms with E-state index in [1.54, 1.807) is 0 Å². The van der Waals surface area contributed by atoms with Crippen LogP contribution < -0.4 is 11.1 Å². The average molecular weight is 226 g/mol. The number of hydrogen-bond acceptors (Lipinski definition) is 4. The van der Waals surface area contributed by atoms with Gasteiger partial charge in [-0.3, -0.25) is 19.5 Å². The molecule has 0 aromatic carbocycles. The van der Waals surface area contributed by atoms with E-state index in [4.69, 9.17) is 10.8 Å². The van der Waals surface area contributed by atoms with Crippen molar-refractivity contribution in [2.75, 3.05) is 5.32 Å². The Balaban J connectivity index is 2.59. The zero-order chi connectivity index (χ0) is 12.1. The van der Waals surface area contributed by atoms with Gasteiger partial charge in [0.2, 0.25) is 5.91 Å². The second-order valence-electron chi connectivity index (χ2n) is 2.96. The third kappa shape index (κ3) is 3.08. The molecule has 86 valence electrons. The molecule has 0 saturated carbocycles. The molecule has 1 heterocycles. The number of carboxylic acids is 1. The predicted molar refractivity (Wildman–Crippen MR) is 52.6 cm³/mol. The first kappa shape index (κ1) is 11.7. The van der Waals surface area contributed by atoms with Crippen molar-refractivity contribution in [1.29, 1.82) is 0 Å². The zero-order valence-corrected chi connectivity index (χ0v) is 8.19. The lowest BCUT2D eigenvalue weighted by Gasteiger charge is -2.02. The van der Waals surface area contributed by atoms with Crippen molar-refractivity contribution in [2.45, 2.75) is 12.8 Å². The summed E-state index contributed by atoms with van der Waals surface area (Å²) in [6, 6.07) is 0. The molecule has 5 N–H and O–H groups in total. The molecule has 0 bridgehead atoms. The van der Waals surface area contributed by atoms with Crippen LogP contribution in [0.2, 0.25) is 0 Å². The number of amides is 2. The van der Waals surface area contributed by atoms with Gasteiger partial charge in [-0.2, -0.15) is 5.10 Å². The predicted octanol–water partition coefficient (Wildman–Crippen LogP) is -0.688. The number of H-pyrrole nitrogens is 1. The van der Waals surface area contributed by atoms with E-state index in [-0.39, 0.29) is 24.2 Å². The highest BCUT2D eigenvalue weighted by molar-refractivity contribution is 6.02. The van der Waals surface area contributed by atoms with E-state index in [1.807, 2.05) is 0 Å². The number of aromatic amines is 1. The fraction of sp³-hybridized carbons (Fsp3) is 0.250. The molecular formula is C8H10N4O4. The molecule has 0 atom stereocenters. The molecule has 0 spiro atoms. The van der Waals surface area contributed by atoms with Crippen LogP contribution in [-0.4, -0.2) is 33.1 Å². The third-order valence-electron chi connectivity index (χ3n) is 1.74. The lowest BCUT2D eigenvalue weighted by Crippen LogP contribution is -2.18. The number of aliphatic carboxylic acids is 1. The van der Waals surface area contributed by atoms with E-state index in [1.165, 1.54) is 6.20 Å². The topological polar surface area (TPSA) is 138 Å². The van der Waals surface area contributed by atoms with Crippen molar-refractivity contribution in [3.63, 3.8) is 0 Å². The molecule has 0 radical (unpaired) electrons. The van der Waals surface area contributed by atoms with Crippen LogP contribution in [0.5, 0.6) is 0 Å². The summed E-state index contributed by atoms with van der Waals surface area (Å²) in [4.78, 5) is 32.3. The molecule has 0 saturated heterocycles. The van der Waals surface area contributed by atoms with Crippen LogP contribution in [0.15, 0.2) is 6.20 Å². The van der Waals surface area contributed by atoms with E-state index >= 15 is 0 Å². The van der Waals surface area contributed by atoms with Crippen LogP contribution >= 0.6 is 0 Å². The molecular weight excluding hydrogens is 216 g/mol. The number of nitrogens with one attached hydrogen (secondary N) is 2. The third-order valence-corrected chi connectivity index (χ3v) is 1.74. The van der Waals surface area contributed by atoms with E-state index in [9.17, 15) is 14.4 Å². The first-order valence-corrected chi connectivity index (χ1v) is 4.35. The molecule has 0 aliphatic carbocycles. The van der Waals surface area contributed by atoms with Crippen LogP contribution in [0.4, 0.5) is 5.82 Å². The lowest BCUT2D eigenvalue weighted by atomic mass is 10.2. The average Bonchev–Trinajstić information content (AvgIpc) is 2.62. The standard InChI is InChI=1S/C8H10N4O4/c9-7(16)4-3-10-12-8(4)11-5(13)1-2-6(14)15/h3H,1-2H2,(H2,9,16)(H,14,15)(H2,10,11,12,13). The summed E-state index contributed by atoms with van der Waals surface area (Å²) in [5.41, 5.74) is 5.06. The summed E-state index contributed by atoms with van der Waals surface area (Å²) in [5, 5.41) is 16.6. The second-order valence-corrected chi connectivity index (χ2v) is 2.96. The monoisotopic (exact) mass is 226 g/mol. The number of carbonyl (C=O) groups excluding carboxylic acids is 2. The number of aromatic nitrogens is 2. The first-order valence-electron chi connectivity index (χ1n) is 4.35. The maximum atomic E-state index is 11.2. The van der Waals surface area contributed by atoms with Crippen molar-refractivity contribution in [1.82, 2.24) is 10.2 Å². The van der Waals surface area contributed by atoms with Crippen molar-refractivity contribution < 1.29 is 19.5 Å². The fourth-order valence-electron chi connectivity index (χ4n) is 0.991. The summed E-state index contributed by atoms with van der Waals surface area (Å²) in [6.07, 6.45) is 0.702. The van der Waals surface area contributed by atoms with Crippen LogP contribution in [-0.2, 0) is 9.59 Å². The van der Waals surface area contributed by atoms with Gasteiger partial charge in [0.1, 0.15) is 11.4 Å². The number of nitrogens with zero attached hydrogens (tertiary/aromatic N) is 1. The van der Waals surface area contributed by atoms with Crippen molar-refractivity contribution in [3.05, 3.63) is 11.8 Å². The minimum atomic E-state index is -1.07. The molecule has 2 amide bonds. The molecule has 1 rings (SSSR count). The summed E-state index contributed by atoms with van der Waals surface area (Å²) >= 11 is 0. The van der Waals surface area contributed by atoms with E-state index in [2.05, 4.69) is 15.5 Å². The Morgan fingerprint density at radius 2 is 2.12 bits per heavy atom. The highest BCUT2D eigenvalue weighted by Crippen LogP contribution is 2.10. The van der Waals surface area contributed by atoms with Gasteiger partial charge in [-0.1, -0.05) is 0 Å². The van der Waals surface area contributed by atoms with Crippen LogP contribution in [0.1, 0.15) is 23.2 Å². The van der Waals surface area contributed by atoms with Gasteiger partial charge in [0.15, 0.2) is 0 Å². The number of carboxylic acid groups (broad SMARTS) is 1. The van der Waals surface area contributed by atoms with Gasteiger partial charge in [0.25, 0.3) is 5.91 Å². The Kier molecular flexibility index (Phi) is 3.59. The molecule has 1 aromatic rings. The van der Waals surface area contributed by atoms with E-state index in [0.717, 1.165) is 0 Å². The summed E-state index contributed by atoms with van der Waals surface area (Å²) in [5.74, 6) is -2.27. The van der Waals surface area contributed by atoms with Crippen molar-refractivity contribution >= 4 is 23.6 Å². The number of hydrogen-bond donors (Lipinski definition) is 4. The number of primary amides is 1. The number of carbonyl (C=O) groups is 3. The molecule has 0 fully saturated rings. The smallest absolute Gasteiger partial charge is 0.303 e. The summed E-state index contributed by atoms with van der Waals surface area (Å²) in [6.45, 7) is 0. The molecule has 0 aliphatic heterocycles. The Hall–Kier alpha value is -2.38. The van der Waals surface area contributed by atoms with Gasteiger partial charge >= 0.3 is 5.97 Å². The molecule has 1 aromatic heterocycles. The first-order chi connectivity index (χ1) is 7.50. The number of rotatable bonds is 5. The van der Waals surface area contributed by atoms with Gasteiger partial charge in [-0.05, 0) is 0 Å².